The van der Waals surface area contributed by atoms with Crippen molar-refractivity contribution in [2.75, 3.05) is 12.8 Å². The van der Waals surface area contributed by atoms with Crippen LogP contribution in [0.2, 0.25) is 0 Å². The van der Waals surface area contributed by atoms with Crippen LogP contribution in [0.3, 0.4) is 0 Å². The maximum Gasteiger partial charge on any atom is 0.275 e. The van der Waals surface area contributed by atoms with Crippen LogP contribution in [0.1, 0.15) is 12.5 Å². The van der Waals surface area contributed by atoms with Crippen molar-refractivity contribution < 1.29 is 0 Å². The first kappa shape index (κ1) is 15.8. The topological polar surface area (TPSA) is 64.8 Å². The predicted molar refractivity (Wildman–Crippen MR) is 94.8 cm³/mol. The fourth-order valence-electron chi connectivity index (χ4n) is 2.41. The van der Waals surface area contributed by atoms with E-state index in [1.54, 1.807) is 0 Å². The molecule has 0 aliphatic rings. The second kappa shape index (κ2) is 7.02. The van der Waals surface area contributed by atoms with Crippen molar-refractivity contribution in [3.05, 3.63) is 58.8 Å². The van der Waals surface area contributed by atoms with Crippen LogP contribution < -0.4 is 5.56 Å². The number of benzene rings is 1. The summed E-state index contributed by atoms with van der Waals surface area (Å²) in [5.74, 6) is 1.01. The molecule has 0 unspecified atom stereocenters. The summed E-state index contributed by atoms with van der Waals surface area (Å²) in [6, 6.07) is 10.8. The van der Waals surface area contributed by atoms with Crippen molar-refractivity contribution in [1.29, 1.82) is 0 Å². The third-order valence-corrected chi connectivity index (χ3v) is 5.21. The summed E-state index contributed by atoms with van der Waals surface area (Å²) >= 11 is 1.86. The van der Waals surface area contributed by atoms with Crippen LogP contribution in [0.5, 0.6) is 0 Å². The predicted octanol–water partition coefficient (Wildman–Crippen LogP) is 2.86. The zero-order valence-electron chi connectivity index (χ0n) is 13.2. The van der Waals surface area contributed by atoms with Gasteiger partial charge in [0, 0.05) is 35.0 Å². The molecule has 2 N–H and O–H groups in total. The molecule has 2 aromatic heterocycles. The highest BCUT2D eigenvalue weighted by Gasteiger charge is 2.14. The van der Waals surface area contributed by atoms with E-state index in [0.29, 0.717) is 11.6 Å². The van der Waals surface area contributed by atoms with Gasteiger partial charge in [0.2, 0.25) is 0 Å². The van der Waals surface area contributed by atoms with Gasteiger partial charge < -0.3 is 9.97 Å². The SMILES string of the molecule is C[C@H](CSc1ccccc1)N(C)Cc1c[nH]c2c(=O)[nH]cnc12. The van der Waals surface area contributed by atoms with Crippen LogP contribution in [0.15, 0.2) is 52.5 Å². The molecule has 0 saturated carbocycles. The lowest BCUT2D eigenvalue weighted by molar-refractivity contribution is 0.270. The Bertz CT molecular complexity index is 827. The fraction of sp³-hybridized carbons (Fsp3) is 0.294. The summed E-state index contributed by atoms with van der Waals surface area (Å²) in [6.45, 7) is 2.97. The van der Waals surface area contributed by atoms with Crippen molar-refractivity contribution >= 4 is 22.8 Å². The normalized spacial score (nSPS) is 12.8. The molecule has 1 atom stereocenters. The lowest BCUT2D eigenvalue weighted by atomic mass is 10.2. The van der Waals surface area contributed by atoms with Crippen molar-refractivity contribution in [2.24, 2.45) is 0 Å². The molecule has 0 bridgehead atoms. The molecule has 0 amide bonds. The van der Waals surface area contributed by atoms with Gasteiger partial charge >= 0.3 is 0 Å². The van der Waals surface area contributed by atoms with E-state index in [4.69, 9.17) is 0 Å². The molecule has 0 saturated heterocycles. The summed E-state index contributed by atoms with van der Waals surface area (Å²) in [5, 5.41) is 0. The average Bonchev–Trinajstić information content (AvgIpc) is 2.98. The molecule has 0 aliphatic heterocycles. The highest BCUT2D eigenvalue weighted by molar-refractivity contribution is 7.99. The van der Waals surface area contributed by atoms with Crippen LogP contribution >= 0.6 is 11.8 Å². The number of nitrogens with zero attached hydrogens (tertiary/aromatic N) is 2. The Kier molecular flexibility index (Phi) is 4.83. The molecule has 2 heterocycles. The largest absolute Gasteiger partial charge is 0.355 e. The molecule has 0 aliphatic carbocycles. The van der Waals surface area contributed by atoms with Gasteiger partial charge in [-0.2, -0.15) is 0 Å². The van der Waals surface area contributed by atoms with Gasteiger partial charge in [0.05, 0.1) is 11.8 Å². The second-order valence-electron chi connectivity index (χ2n) is 5.66. The number of aromatic amines is 2. The van der Waals surface area contributed by atoms with Crippen molar-refractivity contribution in [2.45, 2.75) is 24.4 Å². The Hall–Kier alpha value is -2.05. The van der Waals surface area contributed by atoms with Crippen LogP contribution in [-0.2, 0) is 6.54 Å². The number of hydrogen-bond acceptors (Lipinski definition) is 4. The number of fused-ring (bicyclic) bond motifs is 1. The van der Waals surface area contributed by atoms with Gasteiger partial charge in [-0.05, 0) is 26.1 Å². The monoisotopic (exact) mass is 328 g/mol. The Morgan fingerprint density at radius 2 is 2.04 bits per heavy atom. The first-order valence-corrected chi connectivity index (χ1v) is 8.55. The zero-order chi connectivity index (χ0) is 16.2. The van der Waals surface area contributed by atoms with Gasteiger partial charge in [0.25, 0.3) is 5.56 Å². The average molecular weight is 328 g/mol. The summed E-state index contributed by atoms with van der Waals surface area (Å²) in [4.78, 5) is 25.2. The molecular formula is C17H20N4OS. The van der Waals surface area contributed by atoms with Gasteiger partial charge in [-0.3, -0.25) is 9.69 Å². The molecular weight excluding hydrogens is 308 g/mol. The van der Waals surface area contributed by atoms with E-state index >= 15 is 0 Å². The Labute approximate surface area is 139 Å². The minimum atomic E-state index is -0.128. The standard InChI is InChI=1S/C17H20N4OS/c1-12(10-23-14-6-4-3-5-7-14)21(2)9-13-8-18-16-15(13)19-11-20-17(16)22/h3-8,11-12,18H,9-10H2,1-2H3,(H,19,20,22)/t12-/m1/s1. The van der Waals surface area contributed by atoms with E-state index in [1.165, 1.54) is 11.2 Å². The Morgan fingerprint density at radius 3 is 2.83 bits per heavy atom. The molecule has 0 spiro atoms. The maximum atomic E-state index is 11.7. The van der Waals surface area contributed by atoms with Crippen LogP contribution in [0, 0.1) is 0 Å². The first-order valence-electron chi connectivity index (χ1n) is 7.57. The number of hydrogen-bond donors (Lipinski definition) is 2. The van der Waals surface area contributed by atoms with E-state index in [1.807, 2.05) is 24.0 Å². The van der Waals surface area contributed by atoms with Gasteiger partial charge in [-0.1, -0.05) is 18.2 Å². The smallest absolute Gasteiger partial charge is 0.275 e. The summed E-state index contributed by atoms with van der Waals surface area (Å²) in [6.07, 6.45) is 3.33. The molecule has 3 aromatic rings. The minimum Gasteiger partial charge on any atom is -0.355 e. The third-order valence-electron chi connectivity index (χ3n) is 3.95. The fourth-order valence-corrected chi connectivity index (χ4v) is 3.45. The summed E-state index contributed by atoms with van der Waals surface area (Å²) in [5.41, 5.74) is 2.22. The lowest BCUT2D eigenvalue weighted by Gasteiger charge is -2.24. The van der Waals surface area contributed by atoms with Gasteiger partial charge in [0.1, 0.15) is 5.52 Å². The first-order chi connectivity index (χ1) is 11.1. The molecule has 0 fully saturated rings. The number of H-pyrrole nitrogens is 2. The Balaban J connectivity index is 1.64. The van der Waals surface area contributed by atoms with Crippen LogP contribution in [-0.4, -0.2) is 38.7 Å². The number of aromatic nitrogens is 3. The third kappa shape index (κ3) is 3.65. The lowest BCUT2D eigenvalue weighted by Crippen LogP contribution is -2.30. The van der Waals surface area contributed by atoms with E-state index in [2.05, 4.69) is 58.1 Å². The Morgan fingerprint density at radius 1 is 1.26 bits per heavy atom. The molecule has 1 aromatic carbocycles. The highest BCUT2D eigenvalue weighted by atomic mass is 32.2. The zero-order valence-corrected chi connectivity index (χ0v) is 14.1. The van der Waals surface area contributed by atoms with Crippen molar-refractivity contribution in [3.8, 4) is 0 Å². The number of thioether (sulfide) groups is 1. The summed E-state index contributed by atoms with van der Waals surface area (Å²) < 4.78 is 0. The number of nitrogens with one attached hydrogen (secondary N) is 2. The minimum absolute atomic E-state index is 0.128. The van der Waals surface area contributed by atoms with Crippen molar-refractivity contribution in [3.63, 3.8) is 0 Å². The van der Waals surface area contributed by atoms with E-state index in [9.17, 15) is 4.79 Å². The highest BCUT2D eigenvalue weighted by Crippen LogP contribution is 2.21. The maximum absolute atomic E-state index is 11.7. The quantitative estimate of drug-likeness (QED) is 0.683. The number of rotatable bonds is 6. The molecule has 23 heavy (non-hydrogen) atoms. The van der Waals surface area contributed by atoms with Crippen molar-refractivity contribution in [1.82, 2.24) is 19.9 Å². The van der Waals surface area contributed by atoms with Crippen LogP contribution in [0.25, 0.3) is 11.0 Å². The van der Waals surface area contributed by atoms with Gasteiger partial charge in [-0.25, -0.2) is 4.98 Å². The van der Waals surface area contributed by atoms with Crippen LogP contribution in [0.4, 0.5) is 0 Å². The van der Waals surface area contributed by atoms with Gasteiger partial charge in [-0.15, -0.1) is 11.8 Å². The molecule has 6 heteroatoms. The second-order valence-corrected chi connectivity index (χ2v) is 6.75. The molecule has 5 nitrogen and oxygen atoms in total. The molecule has 3 rings (SSSR count). The summed E-state index contributed by atoms with van der Waals surface area (Å²) in [7, 11) is 2.10. The van der Waals surface area contributed by atoms with E-state index in [0.717, 1.165) is 23.4 Å². The molecule has 0 radical (unpaired) electrons. The van der Waals surface area contributed by atoms with E-state index in [-0.39, 0.29) is 5.56 Å². The van der Waals surface area contributed by atoms with E-state index < -0.39 is 0 Å². The molecule has 120 valence electrons. The van der Waals surface area contributed by atoms with Gasteiger partial charge in [0.15, 0.2) is 0 Å².